The molecular formula is C19H26NO5+. The average molecular weight is 348 g/mol. The molecule has 0 spiro atoms. The van der Waals surface area contributed by atoms with Gasteiger partial charge in [0.05, 0.1) is 41.1 Å². The van der Waals surface area contributed by atoms with Crippen molar-refractivity contribution in [3.63, 3.8) is 0 Å². The molecule has 0 aliphatic heterocycles. The number of quaternary nitrogens is 1. The summed E-state index contributed by atoms with van der Waals surface area (Å²) in [7, 11) is 8.15. The number of ether oxygens (including phenoxy) is 5. The molecule has 2 aromatic rings. The van der Waals surface area contributed by atoms with Crippen LogP contribution in [0.4, 0.5) is 0 Å². The van der Waals surface area contributed by atoms with E-state index in [1.54, 1.807) is 35.5 Å². The first-order valence-electron chi connectivity index (χ1n) is 7.98. The van der Waals surface area contributed by atoms with Crippen molar-refractivity contribution in [2.24, 2.45) is 0 Å². The van der Waals surface area contributed by atoms with Crippen LogP contribution in [0.1, 0.15) is 11.1 Å². The molecule has 0 amide bonds. The molecule has 2 aromatic carbocycles. The average Bonchev–Trinajstić information content (AvgIpc) is 2.66. The maximum Gasteiger partial charge on any atom is 0.203 e. The Labute approximate surface area is 148 Å². The van der Waals surface area contributed by atoms with Crippen molar-refractivity contribution in [2.75, 3.05) is 35.5 Å². The highest BCUT2D eigenvalue weighted by atomic mass is 16.5. The number of benzene rings is 2. The molecule has 0 fully saturated rings. The third-order valence-corrected chi connectivity index (χ3v) is 3.94. The number of nitrogens with two attached hydrogens (primary N) is 1. The zero-order valence-electron chi connectivity index (χ0n) is 15.4. The van der Waals surface area contributed by atoms with Crippen molar-refractivity contribution < 1.29 is 29.0 Å². The van der Waals surface area contributed by atoms with Gasteiger partial charge in [0.1, 0.15) is 24.6 Å². The van der Waals surface area contributed by atoms with Crippen LogP contribution in [0.15, 0.2) is 30.3 Å². The smallest absolute Gasteiger partial charge is 0.203 e. The lowest BCUT2D eigenvalue weighted by atomic mass is 10.1. The normalized spacial score (nSPS) is 10.3. The van der Waals surface area contributed by atoms with Crippen LogP contribution in [0.2, 0.25) is 0 Å². The molecular weight excluding hydrogens is 322 g/mol. The van der Waals surface area contributed by atoms with E-state index in [4.69, 9.17) is 23.7 Å². The van der Waals surface area contributed by atoms with Crippen LogP contribution in [0.5, 0.6) is 28.7 Å². The molecule has 0 unspecified atom stereocenters. The van der Waals surface area contributed by atoms with E-state index in [0.717, 1.165) is 35.7 Å². The summed E-state index contributed by atoms with van der Waals surface area (Å²) in [6, 6.07) is 9.75. The molecule has 2 rings (SSSR count). The van der Waals surface area contributed by atoms with E-state index < -0.39 is 0 Å². The second-order valence-electron chi connectivity index (χ2n) is 5.41. The molecule has 0 radical (unpaired) electrons. The number of rotatable bonds is 9. The zero-order valence-corrected chi connectivity index (χ0v) is 15.4. The fourth-order valence-corrected chi connectivity index (χ4v) is 2.70. The topological polar surface area (TPSA) is 62.8 Å². The van der Waals surface area contributed by atoms with Crippen LogP contribution in [-0.4, -0.2) is 35.5 Å². The van der Waals surface area contributed by atoms with E-state index in [-0.39, 0.29) is 0 Å². The van der Waals surface area contributed by atoms with E-state index in [1.165, 1.54) is 0 Å². The minimum Gasteiger partial charge on any atom is -0.497 e. The SMILES string of the molecule is COc1cc(C[NH2+]Cc2ccc(OC)c(OC)c2OC)cc(OC)c1. The fourth-order valence-electron chi connectivity index (χ4n) is 2.70. The predicted molar refractivity (Wildman–Crippen MR) is 95.0 cm³/mol. The summed E-state index contributed by atoms with van der Waals surface area (Å²) in [6.45, 7) is 1.52. The Morgan fingerprint density at radius 1 is 0.680 bits per heavy atom. The lowest BCUT2D eigenvalue weighted by molar-refractivity contribution is -0.686. The summed E-state index contributed by atoms with van der Waals surface area (Å²) in [5, 5.41) is 2.18. The van der Waals surface area contributed by atoms with E-state index >= 15 is 0 Å². The number of hydrogen-bond donors (Lipinski definition) is 1. The molecule has 0 saturated carbocycles. The van der Waals surface area contributed by atoms with Crippen molar-refractivity contribution in [3.8, 4) is 28.7 Å². The second-order valence-corrected chi connectivity index (χ2v) is 5.41. The summed E-state index contributed by atoms with van der Waals surface area (Å²) < 4.78 is 26.9. The Morgan fingerprint density at radius 3 is 1.84 bits per heavy atom. The Balaban J connectivity index is 2.12. The highest BCUT2D eigenvalue weighted by Crippen LogP contribution is 2.39. The standard InChI is InChI=1S/C19H25NO5/c1-21-15-8-13(9-16(10-15)22-2)11-20-12-14-6-7-17(23-3)19(25-5)18(14)24-4/h6-10,20H,11-12H2,1-5H3/p+1. The Bertz CT molecular complexity index is 680. The molecule has 136 valence electrons. The van der Waals surface area contributed by atoms with Gasteiger partial charge in [-0.1, -0.05) is 0 Å². The summed E-state index contributed by atoms with van der Waals surface area (Å²) >= 11 is 0. The molecule has 25 heavy (non-hydrogen) atoms. The van der Waals surface area contributed by atoms with E-state index in [9.17, 15) is 0 Å². The number of methoxy groups -OCH3 is 5. The summed E-state index contributed by atoms with van der Waals surface area (Å²) in [4.78, 5) is 0. The van der Waals surface area contributed by atoms with Gasteiger partial charge in [-0.2, -0.15) is 0 Å². The minimum absolute atomic E-state index is 0.610. The minimum atomic E-state index is 0.610. The van der Waals surface area contributed by atoms with Gasteiger partial charge < -0.3 is 29.0 Å². The molecule has 0 bridgehead atoms. The first-order chi connectivity index (χ1) is 12.2. The van der Waals surface area contributed by atoms with Crippen molar-refractivity contribution in [3.05, 3.63) is 41.5 Å². The van der Waals surface area contributed by atoms with E-state index in [0.29, 0.717) is 17.2 Å². The Hall–Kier alpha value is -2.60. The fraction of sp³-hybridized carbons (Fsp3) is 0.368. The van der Waals surface area contributed by atoms with Crippen molar-refractivity contribution in [1.82, 2.24) is 0 Å². The summed E-state index contributed by atoms with van der Waals surface area (Å²) in [5.41, 5.74) is 2.16. The molecule has 0 heterocycles. The van der Waals surface area contributed by atoms with Crippen LogP contribution < -0.4 is 29.0 Å². The third-order valence-electron chi connectivity index (χ3n) is 3.94. The Kier molecular flexibility index (Phi) is 6.77. The van der Waals surface area contributed by atoms with E-state index in [2.05, 4.69) is 5.32 Å². The van der Waals surface area contributed by atoms with Crippen LogP contribution in [-0.2, 0) is 13.1 Å². The third kappa shape index (κ3) is 4.48. The predicted octanol–water partition coefficient (Wildman–Crippen LogP) is 1.99. The van der Waals surface area contributed by atoms with Gasteiger partial charge in [0, 0.05) is 11.6 Å². The van der Waals surface area contributed by atoms with Gasteiger partial charge in [-0.25, -0.2) is 0 Å². The molecule has 6 heteroatoms. The largest absolute Gasteiger partial charge is 0.497 e. The zero-order chi connectivity index (χ0) is 18.2. The molecule has 6 nitrogen and oxygen atoms in total. The van der Waals surface area contributed by atoms with Gasteiger partial charge in [-0.05, 0) is 24.3 Å². The molecule has 0 aliphatic carbocycles. The monoisotopic (exact) mass is 348 g/mol. The Morgan fingerprint density at radius 2 is 1.32 bits per heavy atom. The van der Waals surface area contributed by atoms with Gasteiger partial charge >= 0.3 is 0 Å². The van der Waals surface area contributed by atoms with Crippen LogP contribution >= 0.6 is 0 Å². The van der Waals surface area contributed by atoms with E-state index in [1.807, 2.05) is 30.3 Å². The first kappa shape index (κ1) is 18.7. The second kappa shape index (κ2) is 9.03. The van der Waals surface area contributed by atoms with Gasteiger partial charge in [-0.15, -0.1) is 0 Å². The van der Waals surface area contributed by atoms with Gasteiger partial charge in [0.2, 0.25) is 5.75 Å². The molecule has 2 N–H and O–H groups in total. The quantitative estimate of drug-likeness (QED) is 0.751. The van der Waals surface area contributed by atoms with Gasteiger partial charge in [0.15, 0.2) is 11.5 Å². The van der Waals surface area contributed by atoms with Crippen molar-refractivity contribution in [2.45, 2.75) is 13.1 Å². The lowest BCUT2D eigenvalue weighted by Gasteiger charge is -2.15. The molecule has 0 aromatic heterocycles. The summed E-state index contributed by atoms with van der Waals surface area (Å²) in [6.07, 6.45) is 0. The maximum absolute atomic E-state index is 5.52. The van der Waals surface area contributed by atoms with Crippen LogP contribution in [0, 0.1) is 0 Å². The van der Waals surface area contributed by atoms with Gasteiger partial charge in [-0.3, -0.25) is 0 Å². The highest BCUT2D eigenvalue weighted by molar-refractivity contribution is 5.55. The molecule has 0 aliphatic rings. The summed E-state index contributed by atoms with van der Waals surface area (Å²) in [5.74, 6) is 3.53. The lowest BCUT2D eigenvalue weighted by Crippen LogP contribution is -2.80. The highest BCUT2D eigenvalue weighted by Gasteiger charge is 2.16. The maximum atomic E-state index is 5.52. The number of hydrogen-bond acceptors (Lipinski definition) is 5. The van der Waals surface area contributed by atoms with Crippen molar-refractivity contribution in [1.29, 1.82) is 0 Å². The molecule has 0 atom stereocenters. The van der Waals surface area contributed by atoms with Crippen molar-refractivity contribution >= 4 is 0 Å². The molecule has 0 saturated heterocycles. The van der Waals surface area contributed by atoms with Crippen LogP contribution in [0.3, 0.4) is 0 Å². The van der Waals surface area contributed by atoms with Crippen LogP contribution in [0.25, 0.3) is 0 Å². The van der Waals surface area contributed by atoms with Gasteiger partial charge in [0.25, 0.3) is 0 Å². The first-order valence-corrected chi connectivity index (χ1v) is 7.98.